The van der Waals surface area contributed by atoms with Crippen molar-refractivity contribution in [1.29, 1.82) is 0 Å². The summed E-state index contributed by atoms with van der Waals surface area (Å²) >= 11 is 5.99. The normalized spacial score (nSPS) is 29.0. The summed E-state index contributed by atoms with van der Waals surface area (Å²) in [6.07, 6.45) is 0. The highest BCUT2D eigenvalue weighted by Crippen LogP contribution is 2.66. The van der Waals surface area contributed by atoms with Crippen LogP contribution in [0, 0.1) is 22.0 Å². The van der Waals surface area contributed by atoms with Crippen LogP contribution < -0.4 is 4.90 Å². The highest BCUT2D eigenvalue weighted by molar-refractivity contribution is 6.31. The van der Waals surface area contributed by atoms with Gasteiger partial charge in [0, 0.05) is 21.9 Å². The standard InChI is InChI=1S/C26H19ClN2O4/c1-25-15-7-3-5-9-17(15)26(2,18-10-6-4-8-16(18)25)22-21(25)23(30)28(24(22)31)19-12-11-14(27)13-20(19)29(32)33/h3-13,21-22H,1-2H3/t21-,22+,25?,26?. The minimum atomic E-state index is -0.738. The number of benzene rings is 3. The number of hydrogen-bond donors (Lipinski definition) is 0. The van der Waals surface area contributed by atoms with Crippen molar-refractivity contribution in [3.05, 3.63) is 104 Å². The van der Waals surface area contributed by atoms with Crippen LogP contribution in [0.25, 0.3) is 0 Å². The van der Waals surface area contributed by atoms with Gasteiger partial charge in [0.1, 0.15) is 5.69 Å². The van der Waals surface area contributed by atoms with Crippen molar-refractivity contribution < 1.29 is 14.5 Å². The predicted octanol–water partition coefficient (Wildman–Crippen LogP) is 4.99. The smallest absolute Gasteiger partial charge is 0.274 e. The Kier molecular flexibility index (Phi) is 3.84. The van der Waals surface area contributed by atoms with E-state index in [2.05, 4.69) is 0 Å². The zero-order chi connectivity index (χ0) is 23.3. The molecule has 0 spiro atoms. The molecular weight excluding hydrogens is 440 g/mol. The number of nitrogens with zero attached hydrogens (tertiary/aromatic N) is 2. The van der Waals surface area contributed by atoms with Crippen LogP contribution in [-0.2, 0) is 20.4 Å². The summed E-state index contributed by atoms with van der Waals surface area (Å²) < 4.78 is 0. The lowest BCUT2D eigenvalue weighted by atomic mass is 9.42. The fraction of sp³-hybridized carbons (Fsp3) is 0.231. The number of carbonyl (C=O) groups is 2. The van der Waals surface area contributed by atoms with Gasteiger partial charge in [-0.15, -0.1) is 0 Å². The van der Waals surface area contributed by atoms with Crippen LogP contribution in [-0.4, -0.2) is 16.7 Å². The molecule has 1 fully saturated rings. The number of anilines is 1. The summed E-state index contributed by atoms with van der Waals surface area (Å²) in [5, 5.41) is 11.9. The Hall–Kier alpha value is -3.51. The van der Waals surface area contributed by atoms with Gasteiger partial charge in [0.25, 0.3) is 5.69 Å². The predicted molar refractivity (Wildman–Crippen MR) is 123 cm³/mol. The molecule has 0 N–H and O–H groups in total. The van der Waals surface area contributed by atoms with Crippen molar-refractivity contribution in [3.63, 3.8) is 0 Å². The number of nitro groups is 1. The number of halogens is 1. The summed E-state index contributed by atoms with van der Waals surface area (Å²) in [6.45, 7) is 4.04. The number of rotatable bonds is 2. The monoisotopic (exact) mass is 458 g/mol. The third kappa shape index (κ3) is 2.19. The number of carbonyl (C=O) groups excluding carboxylic acids is 2. The average Bonchev–Trinajstić information content (AvgIpc) is 3.08. The Labute approximate surface area is 194 Å². The largest absolute Gasteiger partial charge is 0.294 e. The molecule has 164 valence electrons. The van der Waals surface area contributed by atoms with E-state index in [1.165, 1.54) is 18.2 Å². The van der Waals surface area contributed by atoms with Crippen LogP contribution in [0.5, 0.6) is 0 Å². The maximum atomic E-state index is 14.0. The molecule has 0 radical (unpaired) electrons. The number of hydrogen-bond acceptors (Lipinski definition) is 4. The van der Waals surface area contributed by atoms with Crippen LogP contribution in [0.3, 0.4) is 0 Å². The molecule has 1 heterocycles. The van der Waals surface area contributed by atoms with Gasteiger partial charge < -0.3 is 0 Å². The van der Waals surface area contributed by atoms with Crippen LogP contribution in [0.1, 0.15) is 36.1 Å². The quantitative estimate of drug-likeness (QED) is 0.307. The molecule has 2 bridgehead atoms. The van der Waals surface area contributed by atoms with Gasteiger partial charge in [-0.1, -0.05) is 74.0 Å². The first-order valence-electron chi connectivity index (χ1n) is 10.7. The zero-order valence-corrected chi connectivity index (χ0v) is 18.7. The third-order valence-electron chi connectivity index (χ3n) is 8.02. The third-order valence-corrected chi connectivity index (χ3v) is 8.25. The van der Waals surface area contributed by atoms with Crippen LogP contribution in [0.15, 0.2) is 66.7 Å². The van der Waals surface area contributed by atoms with E-state index in [1.807, 2.05) is 62.4 Å². The Morgan fingerprint density at radius 2 is 1.24 bits per heavy atom. The average molecular weight is 459 g/mol. The van der Waals surface area contributed by atoms with Gasteiger partial charge in [0.2, 0.25) is 11.8 Å². The molecule has 33 heavy (non-hydrogen) atoms. The maximum absolute atomic E-state index is 14.0. The second-order valence-electron chi connectivity index (χ2n) is 9.35. The van der Waals surface area contributed by atoms with Crippen LogP contribution in [0.2, 0.25) is 5.02 Å². The van der Waals surface area contributed by atoms with Crippen molar-refractivity contribution in [2.24, 2.45) is 11.8 Å². The lowest BCUT2D eigenvalue weighted by Crippen LogP contribution is -2.59. The van der Waals surface area contributed by atoms with E-state index in [9.17, 15) is 19.7 Å². The minimum Gasteiger partial charge on any atom is -0.274 e. The van der Waals surface area contributed by atoms with Gasteiger partial charge >= 0.3 is 0 Å². The number of imide groups is 1. The van der Waals surface area contributed by atoms with Gasteiger partial charge in [-0.25, -0.2) is 4.90 Å². The van der Waals surface area contributed by atoms with E-state index in [4.69, 9.17) is 11.6 Å². The molecule has 0 saturated carbocycles. The van der Waals surface area contributed by atoms with Gasteiger partial charge in [-0.2, -0.15) is 0 Å². The Morgan fingerprint density at radius 3 is 1.64 bits per heavy atom. The minimum absolute atomic E-state index is 0.0338. The molecule has 3 aromatic carbocycles. The Bertz CT molecular complexity index is 1290. The number of amides is 2. The van der Waals surface area contributed by atoms with Crippen molar-refractivity contribution in [2.75, 3.05) is 4.90 Å². The van der Waals surface area contributed by atoms with Crippen molar-refractivity contribution in [1.82, 2.24) is 0 Å². The lowest BCUT2D eigenvalue weighted by molar-refractivity contribution is -0.384. The highest BCUT2D eigenvalue weighted by Gasteiger charge is 2.71. The van der Waals surface area contributed by atoms with Crippen molar-refractivity contribution in [2.45, 2.75) is 24.7 Å². The molecule has 0 unspecified atom stereocenters. The number of nitro benzene ring substituents is 1. The molecular formula is C26H19ClN2O4. The van der Waals surface area contributed by atoms with Crippen LogP contribution >= 0.6 is 11.6 Å². The van der Waals surface area contributed by atoms with E-state index in [0.29, 0.717) is 0 Å². The first-order valence-corrected chi connectivity index (χ1v) is 11.1. The summed E-state index contributed by atoms with van der Waals surface area (Å²) in [6, 6.07) is 20.0. The molecule has 6 nitrogen and oxygen atoms in total. The molecule has 1 aliphatic heterocycles. The highest BCUT2D eigenvalue weighted by atomic mass is 35.5. The fourth-order valence-electron chi connectivity index (χ4n) is 6.64. The van der Waals surface area contributed by atoms with Gasteiger partial charge in [-0.3, -0.25) is 19.7 Å². The molecule has 2 amide bonds. The first kappa shape index (κ1) is 20.1. The SMILES string of the molecule is CC12c3ccccc3C(C)(c3ccccc31)[C@H]1C(=O)N(c3ccc(Cl)cc3[N+](=O)[O-])C(=O)[C@H]12. The molecule has 3 aromatic rings. The van der Waals surface area contributed by atoms with E-state index in [1.54, 1.807) is 0 Å². The van der Waals surface area contributed by atoms with E-state index >= 15 is 0 Å². The summed E-state index contributed by atoms with van der Waals surface area (Å²) in [5.41, 5.74) is 2.25. The lowest BCUT2D eigenvalue weighted by Gasteiger charge is -2.57. The topological polar surface area (TPSA) is 80.5 Å². The Morgan fingerprint density at radius 1 is 0.818 bits per heavy atom. The van der Waals surface area contributed by atoms with Gasteiger partial charge in [-0.05, 0) is 34.4 Å². The molecule has 1 saturated heterocycles. The summed E-state index contributed by atoms with van der Waals surface area (Å²) in [4.78, 5) is 40.2. The summed E-state index contributed by atoms with van der Waals surface area (Å²) in [7, 11) is 0. The first-order chi connectivity index (χ1) is 15.7. The molecule has 0 aromatic heterocycles. The summed E-state index contributed by atoms with van der Waals surface area (Å²) in [5.74, 6) is -2.16. The molecule has 2 atom stereocenters. The molecule has 3 aliphatic carbocycles. The Balaban J connectivity index is 1.65. The second kappa shape index (κ2) is 6.29. The maximum Gasteiger partial charge on any atom is 0.294 e. The molecule has 7 rings (SSSR count). The van der Waals surface area contributed by atoms with Gasteiger partial charge in [0.05, 0.1) is 16.8 Å². The molecule has 7 heteroatoms. The van der Waals surface area contributed by atoms with E-state index < -0.39 is 39.4 Å². The zero-order valence-electron chi connectivity index (χ0n) is 17.9. The molecule has 4 aliphatic rings. The van der Waals surface area contributed by atoms with Crippen molar-refractivity contribution >= 4 is 34.8 Å². The van der Waals surface area contributed by atoms with E-state index in [-0.39, 0.29) is 16.4 Å². The van der Waals surface area contributed by atoms with E-state index in [0.717, 1.165) is 27.2 Å². The van der Waals surface area contributed by atoms with Crippen molar-refractivity contribution in [3.8, 4) is 0 Å². The second-order valence-corrected chi connectivity index (χ2v) is 9.79. The fourth-order valence-corrected chi connectivity index (χ4v) is 6.81. The van der Waals surface area contributed by atoms with Gasteiger partial charge in [0.15, 0.2) is 0 Å². The van der Waals surface area contributed by atoms with Crippen LogP contribution in [0.4, 0.5) is 11.4 Å².